The van der Waals surface area contributed by atoms with Crippen LogP contribution in [0.3, 0.4) is 0 Å². The van der Waals surface area contributed by atoms with Crippen molar-refractivity contribution >= 4 is 11.6 Å². The maximum absolute atomic E-state index is 12.5. The summed E-state index contributed by atoms with van der Waals surface area (Å²) in [5, 5.41) is 3.39. The summed E-state index contributed by atoms with van der Waals surface area (Å²) in [5.41, 5.74) is 3.12. The van der Waals surface area contributed by atoms with Crippen molar-refractivity contribution in [2.24, 2.45) is 0 Å². The first-order valence-corrected chi connectivity index (χ1v) is 7.86. The van der Waals surface area contributed by atoms with Gasteiger partial charge in [-0.1, -0.05) is 19.8 Å². The van der Waals surface area contributed by atoms with Gasteiger partial charge in [0, 0.05) is 30.9 Å². The number of nitrogens with one attached hydrogen (secondary N) is 1. The summed E-state index contributed by atoms with van der Waals surface area (Å²) in [4.78, 5) is 14.6. The van der Waals surface area contributed by atoms with Crippen LogP contribution < -0.4 is 5.32 Å². The third-order valence-corrected chi connectivity index (χ3v) is 3.93. The maximum Gasteiger partial charge on any atom is 0.253 e. The van der Waals surface area contributed by atoms with Gasteiger partial charge in [-0.2, -0.15) is 0 Å². The van der Waals surface area contributed by atoms with Gasteiger partial charge in [-0.15, -0.1) is 0 Å². The highest BCUT2D eigenvalue weighted by Gasteiger charge is 2.17. The predicted octanol–water partition coefficient (Wildman–Crippen LogP) is 3.83. The molecule has 0 spiro atoms. The van der Waals surface area contributed by atoms with Crippen molar-refractivity contribution < 1.29 is 4.79 Å². The van der Waals surface area contributed by atoms with Gasteiger partial charge in [-0.3, -0.25) is 4.79 Å². The minimum atomic E-state index is 0.192. The molecule has 1 aliphatic rings. The largest absolute Gasteiger partial charge is 0.385 e. The van der Waals surface area contributed by atoms with Crippen molar-refractivity contribution in [1.29, 1.82) is 0 Å². The predicted molar refractivity (Wildman–Crippen MR) is 84.3 cm³/mol. The van der Waals surface area contributed by atoms with E-state index in [1.165, 1.54) is 12.8 Å². The van der Waals surface area contributed by atoms with Crippen LogP contribution >= 0.6 is 0 Å². The van der Waals surface area contributed by atoms with Crippen molar-refractivity contribution in [2.45, 2.75) is 46.0 Å². The van der Waals surface area contributed by atoms with Crippen LogP contribution in [0.5, 0.6) is 0 Å². The van der Waals surface area contributed by atoms with Crippen LogP contribution in [0.15, 0.2) is 18.2 Å². The highest BCUT2D eigenvalue weighted by atomic mass is 16.2. The van der Waals surface area contributed by atoms with Crippen LogP contribution in [0.1, 0.15) is 54.9 Å². The second kappa shape index (κ2) is 7.32. The summed E-state index contributed by atoms with van der Waals surface area (Å²) in [6.07, 6.45) is 5.89. The summed E-state index contributed by atoms with van der Waals surface area (Å²) < 4.78 is 0. The monoisotopic (exact) mass is 274 g/mol. The van der Waals surface area contributed by atoms with E-state index in [-0.39, 0.29) is 5.91 Å². The molecule has 1 fully saturated rings. The molecule has 1 N–H and O–H groups in total. The van der Waals surface area contributed by atoms with Gasteiger partial charge < -0.3 is 10.2 Å². The third kappa shape index (κ3) is 3.75. The molecule has 0 unspecified atom stereocenters. The Balaban J connectivity index is 2.07. The van der Waals surface area contributed by atoms with E-state index in [9.17, 15) is 4.79 Å². The second-order valence-corrected chi connectivity index (χ2v) is 5.66. The first-order chi connectivity index (χ1) is 9.72. The molecular weight excluding hydrogens is 248 g/mol. The molecule has 20 heavy (non-hydrogen) atoms. The Bertz CT molecular complexity index is 448. The van der Waals surface area contributed by atoms with Crippen LogP contribution in [0.4, 0.5) is 5.69 Å². The Labute approximate surface area is 122 Å². The standard InChI is InChI=1S/C17H26N2O/c1-3-10-18-16-9-8-15(13-14(16)2)17(20)19-11-6-4-5-7-12-19/h8-9,13,18H,3-7,10-12H2,1-2H3. The average Bonchev–Trinajstić information content (AvgIpc) is 2.74. The topological polar surface area (TPSA) is 32.3 Å². The van der Waals surface area contributed by atoms with Crippen molar-refractivity contribution in [3.8, 4) is 0 Å². The molecule has 1 aromatic carbocycles. The second-order valence-electron chi connectivity index (χ2n) is 5.66. The minimum absolute atomic E-state index is 0.192. The number of anilines is 1. The molecule has 0 aliphatic carbocycles. The van der Waals surface area contributed by atoms with E-state index < -0.39 is 0 Å². The van der Waals surface area contributed by atoms with Gasteiger partial charge in [0.1, 0.15) is 0 Å². The quantitative estimate of drug-likeness (QED) is 0.905. The van der Waals surface area contributed by atoms with Gasteiger partial charge in [0.2, 0.25) is 0 Å². The van der Waals surface area contributed by atoms with E-state index >= 15 is 0 Å². The fourth-order valence-corrected chi connectivity index (χ4v) is 2.71. The molecule has 110 valence electrons. The lowest BCUT2D eigenvalue weighted by Crippen LogP contribution is -2.31. The highest BCUT2D eigenvalue weighted by molar-refractivity contribution is 5.95. The maximum atomic E-state index is 12.5. The molecule has 3 heteroatoms. The SMILES string of the molecule is CCCNc1ccc(C(=O)N2CCCCCC2)cc1C. The molecule has 2 rings (SSSR count). The Hall–Kier alpha value is -1.51. The number of rotatable bonds is 4. The Morgan fingerprint density at radius 2 is 1.90 bits per heavy atom. The molecule has 0 aromatic heterocycles. The molecule has 0 radical (unpaired) electrons. The number of amides is 1. The van der Waals surface area contributed by atoms with Crippen LogP contribution in [0.25, 0.3) is 0 Å². The van der Waals surface area contributed by atoms with E-state index in [0.717, 1.165) is 55.7 Å². The summed E-state index contributed by atoms with van der Waals surface area (Å²) in [7, 11) is 0. The molecule has 1 saturated heterocycles. The van der Waals surface area contributed by atoms with Crippen LogP contribution in [-0.2, 0) is 0 Å². The zero-order chi connectivity index (χ0) is 14.4. The number of carbonyl (C=O) groups is 1. The summed E-state index contributed by atoms with van der Waals surface area (Å²) >= 11 is 0. The molecule has 1 aliphatic heterocycles. The summed E-state index contributed by atoms with van der Waals surface area (Å²) in [5.74, 6) is 0.192. The smallest absolute Gasteiger partial charge is 0.253 e. The van der Waals surface area contributed by atoms with Crippen LogP contribution in [0, 0.1) is 6.92 Å². The summed E-state index contributed by atoms with van der Waals surface area (Å²) in [6, 6.07) is 6.01. The van der Waals surface area contributed by atoms with Gasteiger partial charge >= 0.3 is 0 Å². The van der Waals surface area contributed by atoms with Crippen molar-refractivity contribution in [1.82, 2.24) is 4.90 Å². The number of likely N-dealkylation sites (tertiary alicyclic amines) is 1. The Morgan fingerprint density at radius 1 is 1.20 bits per heavy atom. The number of hydrogen-bond donors (Lipinski definition) is 1. The van der Waals surface area contributed by atoms with Crippen molar-refractivity contribution in [2.75, 3.05) is 25.0 Å². The molecule has 3 nitrogen and oxygen atoms in total. The third-order valence-electron chi connectivity index (χ3n) is 3.93. The zero-order valence-electron chi connectivity index (χ0n) is 12.7. The van der Waals surface area contributed by atoms with Gasteiger partial charge in [-0.25, -0.2) is 0 Å². The van der Waals surface area contributed by atoms with Crippen molar-refractivity contribution in [3.63, 3.8) is 0 Å². The van der Waals surface area contributed by atoms with E-state index in [4.69, 9.17) is 0 Å². The number of aryl methyl sites for hydroxylation is 1. The van der Waals surface area contributed by atoms with E-state index in [1.54, 1.807) is 0 Å². The van der Waals surface area contributed by atoms with Crippen LogP contribution in [0.2, 0.25) is 0 Å². The fourth-order valence-electron chi connectivity index (χ4n) is 2.71. The lowest BCUT2D eigenvalue weighted by Gasteiger charge is -2.21. The van der Waals surface area contributed by atoms with E-state index in [0.29, 0.717) is 0 Å². The molecule has 0 atom stereocenters. The molecular formula is C17H26N2O. The first-order valence-electron chi connectivity index (χ1n) is 7.86. The summed E-state index contributed by atoms with van der Waals surface area (Å²) in [6.45, 7) is 7.01. The number of carbonyl (C=O) groups excluding carboxylic acids is 1. The van der Waals surface area contributed by atoms with Gasteiger partial charge in [-0.05, 0) is 49.9 Å². The average molecular weight is 274 g/mol. The first kappa shape index (κ1) is 14.9. The van der Waals surface area contributed by atoms with E-state index in [1.807, 2.05) is 23.1 Å². The zero-order valence-corrected chi connectivity index (χ0v) is 12.7. The van der Waals surface area contributed by atoms with Crippen LogP contribution in [-0.4, -0.2) is 30.4 Å². The van der Waals surface area contributed by atoms with Crippen molar-refractivity contribution in [3.05, 3.63) is 29.3 Å². The van der Waals surface area contributed by atoms with Gasteiger partial charge in [0.15, 0.2) is 0 Å². The Morgan fingerprint density at radius 3 is 2.50 bits per heavy atom. The lowest BCUT2D eigenvalue weighted by atomic mass is 10.1. The molecule has 1 amide bonds. The number of nitrogens with zero attached hydrogens (tertiary/aromatic N) is 1. The molecule has 1 heterocycles. The van der Waals surface area contributed by atoms with Gasteiger partial charge in [0.25, 0.3) is 5.91 Å². The highest BCUT2D eigenvalue weighted by Crippen LogP contribution is 2.19. The molecule has 0 bridgehead atoms. The Kier molecular flexibility index (Phi) is 5.45. The number of hydrogen-bond acceptors (Lipinski definition) is 2. The van der Waals surface area contributed by atoms with E-state index in [2.05, 4.69) is 19.2 Å². The fraction of sp³-hybridized carbons (Fsp3) is 0.588. The molecule has 0 saturated carbocycles. The minimum Gasteiger partial charge on any atom is -0.385 e. The number of benzene rings is 1. The lowest BCUT2D eigenvalue weighted by molar-refractivity contribution is 0.0761. The van der Waals surface area contributed by atoms with Gasteiger partial charge in [0.05, 0.1) is 0 Å². The normalized spacial score (nSPS) is 15.8. The molecule has 1 aromatic rings.